The number of carbonyl (C=O) groups excluding carboxylic acids is 4. The van der Waals surface area contributed by atoms with Crippen LogP contribution in [0.3, 0.4) is 0 Å². The largest absolute Gasteiger partial charge is 0.457 e. The summed E-state index contributed by atoms with van der Waals surface area (Å²) in [6.07, 6.45) is 3.00. The molecule has 0 aromatic heterocycles. The fourth-order valence-electron chi connectivity index (χ4n) is 8.98. The van der Waals surface area contributed by atoms with E-state index in [1.807, 2.05) is 72.8 Å². The first-order chi connectivity index (χ1) is 31.3. The van der Waals surface area contributed by atoms with Crippen LogP contribution in [0.15, 0.2) is 171 Å². The molecule has 0 saturated carbocycles. The Bertz CT molecular complexity index is 3000. The van der Waals surface area contributed by atoms with Crippen LogP contribution in [-0.2, 0) is 0 Å². The maximum absolute atomic E-state index is 14.7. The van der Waals surface area contributed by atoms with Gasteiger partial charge < -0.3 is 18.9 Å². The second kappa shape index (κ2) is 15.0. The van der Waals surface area contributed by atoms with E-state index in [1.165, 1.54) is 12.2 Å². The van der Waals surface area contributed by atoms with Crippen LogP contribution in [0.1, 0.15) is 41.4 Å². The smallest absolute Gasteiger partial charge is 0.261 e. The standard InChI is InChI=1S/C54H34N2O8/c1-3-25-55-51(57)35-27-39(61-31-17-9-5-10-18-31)45-47-41(63-33-21-13-7-14-22-33)29-37-44-38(54(60)56(26-4-2)53(37)59)30-42(64-34-23-15-8-16-24-34)48(50(44)47)46-40(62-32-19-11-6-12-20-32)28-36(52(55)58)43(35)49(45)46/h3-24,27-30H,1-2,25-26H2. The van der Waals surface area contributed by atoms with Gasteiger partial charge in [0.15, 0.2) is 0 Å². The van der Waals surface area contributed by atoms with E-state index in [2.05, 4.69) is 13.2 Å². The molecule has 0 N–H and O–H groups in total. The van der Waals surface area contributed by atoms with Crippen LogP contribution < -0.4 is 18.9 Å². The SMILES string of the molecule is C=CCN1C(=O)c2cc(Oc3ccccc3)c3c4c(Oc5ccccc5)cc5c6c(cc(Oc7ccccc7)c(c7c(Oc8ccccc8)cc(c2c37)C1=O)c64)C(=O)N(CC=C)C5=O. The molecule has 10 nitrogen and oxygen atoms in total. The number of hydrogen-bond acceptors (Lipinski definition) is 8. The second-order valence-corrected chi connectivity index (χ2v) is 15.4. The predicted octanol–water partition coefficient (Wildman–Crippen LogP) is 12.5. The Morgan fingerprint density at radius 1 is 0.344 bits per heavy atom. The van der Waals surface area contributed by atoms with E-state index < -0.39 is 23.6 Å². The van der Waals surface area contributed by atoms with Gasteiger partial charge in [-0.05, 0) is 72.8 Å². The lowest BCUT2D eigenvalue weighted by atomic mass is 9.80. The summed E-state index contributed by atoms with van der Waals surface area (Å²) in [6.45, 7) is 7.57. The Kier molecular flexibility index (Phi) is 8.95. The summed E-state index contributed by atoms with van der Waals surface area (Å²) in [6, 6.07) is 43.1. The van der Waals surface area contributed by atoms with Crippen molar-refractivity contribution in [3.05, 3.63) is 193 Å². The molecule has 10 heteroatoms. The van der Waals surface area contributed by atoms with E-state index in [0.717, 1.165) is 9.80 Å². The normalized spacial score (nSPS) is 13.3. The lowest BCUT2D eigenvalue weighted by Gasteiger charge is -2.32. The average Bonchev–Trinajstić information content (AvgIpc) is 3.32. The molecule has 0 unspecified atom stereocenters. The van der Waals surface area contributed by atoms with Crippen LogP contribution in [0.25, 0.3) is 43.1 Å². The van der Waals surface area contributed by atoms with Gasteiger partial charge in [-0.1, -0.05) is 84.9 Å². The van der Waals surface area contributed by atoms with Crippen molar-refractivity contribution in [1.82, 2.24) is 9.80 Å². The second-order valence-electron chi connectivity index (χ2n) is 15.4. The zero-order valence-electron chi connectivity index (χ0n) is 34.0. The van der Waals surface area contributed by atoms with Gasteiger partial charge in [-0.15, -0.1) is 13.2 Å². The van der Waals surface area contributed by atoms with Crippen molar-refractivity contribution in [2.75, 3.05) is 13.1 Å². The Morgan fingerprint density at radius 3 is 0.797 bits per heavy atom. The first-order valence-electron chi connectivity index (χ1n) is 20.6. The molecule has 2 aliphatic heterocycles. The van der Waals surface area contributed by atoms with Crippen molar-refractivity contribution >= 4 is 66.7 Å². The van der Waals surface area contributed by atoms with Gasteiger partial charge in [0, 0.05) is 56.2 Å². The molecule has 0 saturated heterocycles. The molecule has 308 valence electrons. The molecule has 0 aliphatic carbocycles. The van der Waals surface area contributed by atoms with Crippen LogP contribution in [0.2, 0.25) is 0 Å². The number of fused-ring (bicyclic) bond motifs is 2. The fraction of sp³-hybridized carbons (Fsp3) is 0.0370. The van der Waals surface area contributed by atoms with Crippen LogP contribution in [-0.4, -0.2) is 46.5 Å². The van der Waals surface area contributed by atoms with Crippen LogP contribution in [0.4, 0.5) is 0 Å². The van der Waals surface area contributed by atoms with E-state index in [9.17, 15) is 19.2 Å². The first-order valence-corrected chi connectivity index (χ1v) is 20.6. The Hall–Kier alpha value is -8.76. The molecule has 0 fully saturated rings. The summed E-state index contributed by atoms with van der Waals surface area (Å²) in [7, 11) is 0. The van der Waals surface area contributed by atoms with Crippen molar-refractivity contribution in [3.63, 3.8) is 0 Å². The molecular weight excluding hydrogens is 805 g/mol. The Balaban J connectivity index is 1.42. The van der Waals surface area contributed by atoms with E-state index in [4.69, 9.17) is 18.9 Å². The van der Waals surface area contributed by atoms with Gasteiger partial charge in [0.1, 0.15) is 46.0 Å². The molecule has 64 heavy (non-hydrogen) atoms. The summed E-state index contributed by atoms with van der Waals surface area (Å²) in [5, 5.41) is 3.38. The zero-order chi connectivity index (χ0) is 43.6. The third-order valence-corrected chi connectivity index (χ3v) is 11.6. The highest BCUT2D eigenvalue weighted by atomic mass is 16.5. The van der Waals surface area contributed by atoms with Crippen LogP contribution in [0, 0.1) is 0 Å². The topological polar surface area (TPSA) is 112 Å². The Morgan fingerprint density at radius 2 is 0.578 bits per heavy atom. The number of para-hydroxylation sites is 4. The van der Waals surface area contributed by atoms with Crippen molar-refractivity contribution in [2.45, 2.75) is 0 Å². The molecule has 9 aromatic rings. The predicted molar refractivity (Wildman–Crippen MR) is 245 cm³/mol. The third kappa shape index (κ3) is 5.88. The van der Waals surface area contributed by atoms with Gasteiger partial charge in [-0.2, -0.15) is 0 Å². The molecule has 11 rings (SSSR count). The molecule has 2 heterocycles. The molecule has 2 aliphatic rings. The Labute approximate surface area is 365 Å². The summed E-state index contributed by atoms with van der Waals surface area (Å²) in [5.41, 5.74) is 0.849. The number of amides is 4. The van der Waals surface area contributed by atoms with E-state index in [0.29, 0.717) is 66.1 Å². The van der Waals surface area contributed by atoms with E-state index in [1.54, 1.807) is 72.8 Å². The number of nitrogens with zero attached hydrogens (tertiary/aromatic N) is 2. The summed E-state index contributed by atoms with van der Waals surface area (Å²) in [4.78, 5) is 61.1. The fourth-order valence-corrected chi connectivity index (χ4v) is 8.98. The van der Waals surface area contributed by atoms with Gasteiger partial charge in [-0.3, -0.25) is 29.0 Å². The van der Waals surface area contributed by atoms with Crippen molar-refractivity contribution in [2.24, 2.45) is 0 Å². The highest BCUT2D eigenvalue weighted by Crippen LogP contribution is 2.57. The highest BCUT2D eigenvalue weighted by Gasteiger charge is 2.41. The van der Waals surface area contributed by atoms with Gasteiger partial charge >= 0.3 is 0 Å². The van der Waals surface area contributed by atoms with Gasteiger partial charge in [0.25, 0.3) is 23.6 Å². The van der Waals surface area contributed by atoms with Crippen LogP contribution in [0.5, 0.6) is 46.0 Å². The van der Waals surface area contributed by atoms with Gasteiger partial charge in [0.05, 0.1) is 22.3 Å². The molecule has 0 spiro atoms. The third-order valence-electron chi connectivity index (χ3n) is 11.6. The van der Waals surface area contributed by atoms with E-state index >= 15 is 0 Å². The number of carbonyl (C=O) groups is 4. The average molecular weight is 839 g/mol. The lowest BCUT2D eigenvalue weighted by molar-refractivity contribution is 0.0613. The zero-order valence-corrected chi connectivity index (χ0v) is 34.0. The number of benzene rings is 9. The lowest BCUT2D eigenvalue weighted by Crippen LogP contribution is -2.40. The van der Waals surface area contributed by atoms with Gasteiger partial charge in [0.2, 0.25) is 0 Å². The van der Waals surface area contributed by atoms with Crippen molar-refractivity contribution < 1.29 is 38.1 Å². The number of rotatable bonds is 12. The molecule has 4 amide bonds. The number of imide groups is 2. The minimum atomic E-state index is -0.541. The summed E-state index contributed by atoms with van der Waals surface area (Å²) < 4.78 is 27.4. The number of hydrogen-bond donors (Lipinski definition) is 0. The molecule has 9 aromatic carbocycles. The summed E-state index contributed by atoms with van der Waals surface area (Å²) >= 11 is 0. The highest BCUT2D eigenvalue weighted by molar-refractivity contribution is 6.44. The van der Waals surface area contributed by atoms with E-state index in [-0.39, 0.29) is 58.3 Å². The molecule has 0 bridgehead atoms. The van der Waals surface area contributed by atoms with Crippen molar-refractivity contribution in [3.8, 4) is 46.0 Å². The maximum atomic E-state index is 14.7. The minimum Gasteiger partial charge on any atom is -0.457 e. The quantitative estimate of drug-likeness (QED) is 0.0517. The first kappa shape index (κ1) is 38.2. The maximum Gasteiger partial charge on any atom is 0.261 e. The van der Waals surface area contributed by atoms with Crippen LogP contribution >= 0.6 is 0 Å². The number of ether oxygens (including phenoxy) is 4. The monoisotopic (exact) mass is 838 g/mol. The molecular formula is C54H34N2O8. The summed E-state index contributed by atoms with van der Waals surface area (Å²) in [5.74, 6) is 0.666. The van der Waals surface area contributed by atoms with Gasteiger partial charge in [-0.25, -0.2) is 0 Å². The molecule has 0 atom stereocenters. The minimum absolute atomic E-state index is 0.0470. The van der Waals surface area contributed by atoms with Crippen molar-refractivity contribution in [1.29, 1.82) is 0 Å². The molecule has 0 radical (unpaired) electrons.